The fourth-order valence-corrected chi connectivity index (χ4v) is 1.72. The summed E-state index contributed by atoms with van der Waals surface area (Å²) in [5, 5.41) is 0.240. The normalized spacial score (nSPS) is 16.6. The molecule has 0 spiro atoms. The van der Waals surface area contributed by atoms with Crippen molar-refractivity contribution in [3.8, 4) is 0 Å². The van der Waals surface area contributed by atoms with Crippen LogP contribution in [0.25, 0.3) is 0 Å². The van der Waals surface area contributed by atoms with E-state index in [9.17, 15) is 9.18 Å². The van der Waals surface area contributed by atoms with E-state index in [-0.39, 0.29) is 22.8 Å². The molecule has 2 rings (SSSR count). The number of halogens is 2. The van der Waals surface area contributed by atoms with Gasteiger partial charge in [-0.15, -0.1) is 0 Å². The van der Waals surface area contributed by atoms with Crippen molar-refractivity contribution >= 4 is 17.4 Å². The topological polar surface area (TPSA) is 35.5 Å². The molecule has 1 aromatic rings. The average molecular weight is 245 g/mol. The molecule has 1 fully saturated rings. The minimum absolute atomic E-state index is 0.0587. The fraction of sp³-hybridized carbons (Fsp3) is 0.364. The average Bonchev–Trinajstić information content (AvgIpc) is 2.74. The van der Waals surface area contributed by atoms with E-state index in [1.54, 1.807) is 0 Å². The second kappa shape index (κ2) is 4.91. The maximum Gasteiger partial charge on any atom is 0.169 e. The number of rotatable bonds is 3. The molecular weight excluding hydrogens is 235 g/mol. The highest BCUT2D eigenvalue weighted by molar-refractivity contribution is 6.33. The van der Waals surface area contributed by atoms with E-state index in [4.69, 9.17) is 21.1 Å². The van der Waals surface area contributed by atoms with Crippen LogP contribution in [-0.2, 0) is 9.47 Å². The summed E-state index contributed by atoms with van der Waals surface area (Å²) in [6.45, 7) is 0.962. The Morgan fingerprint density at radius 1 is 1.44 bits per heavy atom. The number of benzene rings is 1. The Kier molecular flexibility index (Phi) is 3.53. The van der Waals surface area contributed by atoms with E-state index in [0.29, 0.717) is 13.2 Å². The van der Waals surface area contributed by atoms with Crippen molar-refractivity contribution in [1.29, 1.82) is 0 Å². The van der Waals surface area contributed by atoms with Crippen molar-refractivity contribution in [3.63, 3.8) is 0 Å². The van der Waals surface area contributed by atoms with E-state index in [1.165, 1.54) is 12.1 Å². The SMILES string of the molecule is O=C(CC1OCCO1)c1cc(F)ccc1Cl. The van der Waals surface area contributed by atoms with Crippen LogP contribution in [0, 0.1) is 5.82 Å². The fourth-order valence-electron chi connectivity index (χ4n) is 1.50. The second-order valence-corrected chi connectivity index (χ2v) is 3.83. The third-order valence-corrected chi connectivity index (χ3v) is 2.60. The zero-order valence-electron chi connectivity index (χ0n) is 8.41. The van der Waals surface area contributed by atoms with Crippen molar-refractivity contribution < 1.29 is 18.7 Å². The van der Waals surface area contributed by atoms with Crippen LogP contribution in [0.15, 0.2) is 18.2 Å². The number of ketones is 1. The molecule has 1 aliphatic heterocycles. The van der Waals surface area contributed by atoms with Crippen LogP contribution in [0.1, 0.15) is 16.8 Å². The molecule has 0 saturated carbocycles. The first-order valence-electron chi connectivity index (χ1n) is 4.88. The van der Waals surface area contributed by atoms with Crippen molar-refractivity contribution in [1.82, 2.24) is 0 Å². The van der Waals surface area contributed by atoms with Crippen LogP contribution >= 0.6 is 11.6 Å². The van der Waals surface area contributed by atoms with Gasteiger partial charge in [-0.3, -0.25) is 4.79 Å². The van der Waals surface area contributed by atoms with Gasteiger partial charge in [0.25, 0.3) is 0 Å². The van der Waals surface area contributed by atoms with Crippen LogP contribution in [0.2, 0.25) is 5.02 Å². The van der Waals surface area contributed by atoms with Crippen LogP contribution in [0.5, 0.6) is 0 Å². The Morgan fingerprint density at radius 3 is 2.81 bits per heavy atom. The lowest BCUT2D eigenvalue weighted by molar-refractivity contribution is -0.0407. The van der Waals surface area contributed by atoms with Gasteiger partial charge in [-0.25, -0.2) is 4.39 Å². The van der Waals surface area contributed by atoms with E-state index < -0.39 is 12.1 Å². The van der Waals surface area contributed by atoms with Crippen molar-refractivity contribution in [2.45, 2.75) is 12.7 Å². The summed E-state index contributed by atoms with van der Waals surface area (Å²) in [7, 11) is 0. The van der Waals surface area contributed by atoms with E-state index in [1.807, 2.05) is 0 Å². The van der Waals surface area contributed by atoms with Gasteiger partial charge in [0.15, 0.2) is 12.1 Å². The number of carbonyl (C=O) groups is 1. The molecule has 86 valence electrons. The molecule has 1 aromatic carbocycles. The lowest BCUT2D eigenvalue weighted by atomic mass is 10.1. The van der Waals surface area contributed by atoms with E-state index >= 15 is 0 Å². The Bertz CT molecular complexity index is 402. The van der Waals surface area contributed by atoms with E-state index in [0.717, 1.165) is 6.07 Å². The van der Waals surface area contributed by atoms with Gasteiger partial charge in [0, 0.05) is 5.56 Å². The standard InChI is InChI=1S/C11H10ClFO3/c12-9-2-1-7(13)5-8(9)10(14)6-11-15-3-4-16-11/h1-2,5,11H,3-4,6H2. The Labute approximate surface area is 97.1 Å². The van der Waals surface area contributed by atoms with Crippen molar-refractivity contribution in [2.24, 2.45) is 0 Å². The van der Waals surface area contributed by atoms with Gasteiger partial charge >= 0.3 is 0 Å². The largest absolute Gasteiger partial charge is 0.350 e. The molecule has 0 aliphatic carbocycles. The minimum atomic E-state index is -0.535. The molecule has 1 heterocycles. The van der Waals surface area contributed by atoms with Gasteiger partial charge in [0.2, 0.25) is 0 Å². The summed E-state index contributed by atoms with van der Waals surface area (Å²) in [6, 6.07) is 3.70. The summed E-state index contributed by atoms with van der Waals surface area (Å²) in [5.41, 5.74) is 0.167. The number of Topliss-reactive ketones (excluding diaryl/α,β-unsaturated/α-hetero) is 1. The van der Waals surface area contributed by atoms with Crippen LogP contribution < -0.4 is 0 Å². The monoisotopic (exact) mass is 244 g/mol. The molecule has 0 unspecified atom stereocenters. The van der Waals surface area contributed by atoms with Gasteiger partial charge in [0.05, 0.1) is 24.7 Å². The van der Waals surface area contributed by atoms with Gasteiger partial charge in [-0.1, -0.05) is 11.6 Å². The highest BCUT2D eigenvalue weighted by Crippen LogP contribution is 2.20. The molecule has 1 aliphatic rings. The van der Waals surface area contributed by atoms with E-state index in [2.05, 4.69) is 0 Å². The zero-order valence-corrected chi connectivity index (χ0v) is 9.17. The third kappa shape index (κ3) is 2.58. The van der Waals surface area contributed by atoms with Crippen molar-refractivity contribution in [2.75, 3.05) is 13.2 Å². The zero-order chi connectivity index (χ0) is 11.5. The highest BCUT2D eigenvalue weighted by Gasteiger charge is 2.22. The maximum absolute atomic E-state index is 12.9. The molecule has 0 amide bonds. The lowest BCUT2D eigenvalue weighted by Gasteiger charge is -2.08. The third-order valence-electron chi connectivity index (χ3n) is 2.27. The summed E-state index contributed by atoms with van der Waals surface area (Å²) in [6.07, 6.45) is -0.477. The molecule has 3 nitrogen and oxygen atoms in total. The molecule has 0 bridgehead atoms. The highest BCUT2D eigenvalue weighted by atomic mass is 35.5. The lowest BCUT2D eigenvalue weighted by Crippen LogP contribution is -2.14. The first-order chi connectivity index (χ1) is 7.66. The van der Waals surface area contributed by atoms with Crippen LogP contribution in [0.3, 0.4) is 0 Å². The summed E-state index contributed by atoms with van der Waals surface area (Å²) >= 11 is 5.81. The predicted octanol–water partition coefficient (Wildman–Crippen LogP) is 2.42. The molecule has 0 N–H and O–H groups in total. The van der Waals surface area contributed by atoms with Gasteiger partial charge in [-0.05, 0) is 18.2 Å². The first kappa shape index (κ1) is 11.5. The number of hydrogen-bond acceptors (Lipinski definition) is 3. The Balaban J connectivity index is 2.10. The molecule has 5 heteroatoms. The summed E-state index contributed by atoms with van der Waals surface area (Å²) in [5.74, 6) is -0.766. The van der Waals surface area contributed by atoms with Crippen molar-refractivity contribution in [3.05, 3.63) is 34.6 Å². The quantitative estimate of drug-likeness (QED) is 0.766. The minimum Gasteiger partial charge on any atom is -0.350 e. The van der Waals surface area contributed by atoms with Gasteiger partial charge < -0.3 is 9.47 Å². The molecule has 1 saturated heterocycles. The first-order valence-corrected chi connectivity index (χ1v) is 5.26. The maximum atomic E-state index is 12.9. The number of ether oxygens (including phenoxy) is 2. The second-order valence-electron chi connectivity index (χ2n) is 3.42. The molecule has 0 aromatic heterocycles. The van der Waals surface area contributed by atoms with Crippen LogP contribution in [0.4, 0.5) is 4.39 Å². The molecule has 16 heavy (non-hydrogen) atoms. The number of hydrogen-bond donors (Lipinski definition) is 0. The molecule has 0 atom stereocenters. The van der Waals surface area contributed by atoms with Gasteiger partial charge in [-0.2, -0.15) is 0 Å². The Hall–Kier alpha value is -0.970. The summed E-state index contributed by atoms with van der Waals surface area (Å²) in [4.78, 5) is 11.8. The van der Waals surface area contributed by atoms with Gasteiger partial charge in [0.1, 0.15) is 5.82 Å². The van der Waals surface area contributed by atoms with Crippen LogP contribution in [-0.4, -0.2) is 25.3 Å². The predicted molar refractivity (Wildman–Crippen MR) is 56.0 cm³/mol. The summed E-state index contributed by atoms with van der Waals surface area (Å²) < 4.78 is 23.2. The molecule has 0 radical (unpaired) electrons. The smallest absolute Gasteiger partial charge is 0.169 e. The number of carbonyl (C=O) groups excluding carboxylic acids is 1. The molecular formula is C11H10ClFO3. The Morgan fingerprint density at radius 2 is 2.12 bits per heavy atom.